The number of alkyl halides is 3. The first-order valence-electron chi connectivity index (χ1n) is 5.82. The maximum atomic E-state index is 11.7. The standard InChI is InChI=1S/C11H20F3NO/c1-8-3-4-10(9(2)7-8)15-5-6-16-11(12,13)14/h8-10,15H,3-7H2,1-2H3. The Balaban J connectivity index is 2.13. The molecule has 0 aromatic carbocycles. The van der Waals surface area contributed by atoms with Crippen LogP contribution in [-0.4, -0.2) is 25.6 Å². The first-order valence-corrected chi connectivity index (χ1v) is 5.82. The average Bonchev–Trinajstić information content (AvgIpc) is 2.13. The van der Waals surface area contributed by atoms with E-state index in [0.29, 0.717) is 12.0 Å². The lowest BCUT2D eigenvalue weighted by atomic mass is 9.80. The van der Waals surface area contributed by atoms with Crippen LogP contribution in [0.2, 0.25) is 0 Å². The van der Waals surface area contributed by atoms with Crippen LogP contribution >= 0.6 is 0 Å². The predicted molar refractivity (Wildman–Crippen MR) is 56.0 cm³/mol. The Morgan fingerprint density at radius 3 is 2.50 bits per heavy atom. The lowest BCUT2D eigenvalue weighted by Crippen LogP contribution is -2.41. The Morgan fingerprint density at radius 1 is 1.25 bits per heavy atom. The highest BCUT2D eigenvalue weighted by atomic mass is 19.4. The van der Waals surface area contributed by atoms with Gasteiger partial charge < -0.3 is 5.32 Å². The van der Waals surface area contributed by atoms with Gasteiger partial charge >= 0.3 is 6.36 Å². The highest BCUT2D eigenvalue weighted by Crippen LogP contribution is 2.28. The van der Waals surface area contributed by atoms with Gasteiger partial charge in [0, 0.05) is 12.6 Å². The fourth-order valence-corrected chi connectivity index (χ4v) is 2.38. The zero-order valence-corrected chi connectivity index (χ0v) is 9.81. The number of ether oxygens (including phenoxy) is 1. The van der Waals surface area contributed by atoms with Gasteiger partial charge in [-0.2, -0.15) is 0 Å². The summed E-state index contributed by atoms with van der Waals surface area (Å²) in [4.78, 5) is 0. The van der Waals surface area contributed by atoms with Crippen LogP contribution < -0.4 is 5.32 Å². The Kier molecular flexibility index (Phi) is 5.05. The van der Waals surface area contributed by atoms with E-state index in [1.54, 1.807) is 0 Å². The fraction of sp³-hybridized carbons (Fsp3) is 1.00. The smallest absolute Gasteiger partial charge is 0.311 e. The molecule has 1 fully saturated rings. The van der Waals surface area contributed by atoms with Gasteiger partial charge in [-0.05, 0) is 31.1 Å². The monoisotopic (exact) mass is 239 g/mol. The van der Waals surface area contributed by atoms with Gasteiger partial charge in [-0.15, -0.1) is 13.2 Å². The average molecular weight is 239 g/mol. The van der Waals surface area contributed by atoms with E-state index in [4.69, 9.17) is 0 Å². The Morgan fingerprint density at radius 2 is 1.94 bits per heavy atom. The molecule has 0 spiro atoms. The molecule has 0 aliphatic heterocycles. The zero-order chi connectivity index (χ0) is 12.2. The van der Waals surface area contributed by atoms with Crippen molar-refractivity contribution in [2.24, 2.45) is 11.8 Å². The number of rotatable bonds is 4. The molecule has 5 heteroatoms. The van der Waals surface area contributed by atoms with Crippen molar-refractivity contribution in [1.82, 2.24) is 5.32 Å². The van der Waals surface area contributed by atoms with E-state index in [1.165, 1.54) is 0 Å². The first-order chi connectivity index (χ1) is 7.38. The van der Waals surface area contributed by atoms with Gasteiger partial charge in [-0.1, -0.05) is 13.8 Å². The van der Waals surface area contributed by atoms with Crippen LogP contribution in [0, 0.1) is 11.8 Å². The van der Waals surface area contributed by atoms with Crippen molar-refractivity contribution in [1.29, 1.82) is 0 Å². The molecule has 96 valence electrons. The van der Waals surface area contributed by atoms with Crippen molar-refractivity contribution < 1.29 is 17.9 Å². The highest BCUT2D eigenvalue weighted by molar-refractivity contribution is 4.80. The number of hydrogen-bond acceptors (Lipinski definition) is 2. The summed E-state index contributed by atoms with van der Waals surface area (Å²) in [5.74, 6) is 1.27. The second kappa shape index (κ2) is 5.87. The Hall–Kier alpha value is -0.290. The van der Waals surface area contributed by atoms with Crippen LogP contribution in [0.5, 0.6) is 0 Å². The molecule has 0 saturated heterocycles. The molecule has 1 rings (SSSR count). The molecular formula is C11H20F3NO. The van der Waals surface area contributed by atoms with Gasteiger partial charge in [0.25, 0.3) is 0 Å². The summed E-state index contributed by atoms with van der Waals surface area (Å²) in [7, 11) is 0. The van der Waals surface area contributed by atoms with Crippen LogP contribution in [0.25, 0.3) is 0 Å². The summed E-state index contributed by atoms with van der Waals surface area (Å²) < 4.78 is 38.8. The predicted octanol–water partition coefficient (Wildman–Crippen LogP) is 2.94. The molecule has 0 radical (unpaired) electrons. The lowest BCUT2D eigenvalue weighted by Gasteiger charge is -2.33. The third kappa shape index (κ3) is 5.16. The molecule has 0 bridgehead atoms. The molecule has 0 aromatic heterocycles. The van der Waals surface area contributed by atoms with Crippen molar-refractivity contribution in [2.75, 3.05) is 13.2 Å². The summed E-state index contributed by atoms with van der Waals surface area (Å²) in [5.41, 5.74) is 0. The molecule has 1 saturated carbocycles. The van der Waals surface area contributed by atoms with Crippen LogP contribution in [0.1, 0.15) is 33.1 Å². The summed E-state index contributed by atoms with van der Waals surface area (Å²) in [5, 5.41) is 3.14. The van der Waals surface area contributed by atoms with Crippen molar-refractivity contribution >= 4 is 0 Å². The number of halogens is 3. The minimum absolute atomic E-state index is 0.267. The second-order valence-corrected chi connectivity index (χ2v) is 4.75. The van der Waals surface area contributed by atoms with Crippen LogP contribution in [-0.2, 0) is 4.74 Å². The molecule has 2 nitrogen and oxygen atoms in total. The maximum Gasteiger partial charge on any atom is 0.522 e. The van der Waals surface area contributed by atoms with Crippen molar-refractivity contribution in [3.05, 3.63) is 0 Å². The largest absolute Gasteiger partial charge is 0.522 e. The molecular weight excluding hydrogens is 219 g/mol. The second-order valence-electron chi connectivity index (χ2n) is 4.75. The summed E-state index contributed by atoms with van der Waals surface area (Å²) >= 11 is 0. The minimum Gasteiger partial charge on any atom is -0.311 e. The van der Waals surface area contributed by atoms with E-state index in [9.17, 15) is 13.2 Å². The molecule has 3 unspecified atom stereocenters. The fourth-order valence-electron chi connectivity index (χ4n) is 2.38. The topological polar surface area (TPSA) is 21.3 Å². The van der Waals surface area contributed by atoms with Crippen molar-refractivity contribution in [2.45, 2.75) is 45.5 Å². The Bertz CT molecular complexity index is 208. The van der Waals surface area contributed by atoms with Crippen molar-refractivity contribution in [3.63, 3.8) is 0 Å². The number of nitrogens with one attached hydrogen (secondary N) is 1. The van der Waals surface area contributed by atoms with Gasteiger partial charge in [0.05, 0.1) is 6.61 Å². The SMILES string of the molecule is CC1CCC(NCCOC(F)(F)F)C(C)C1. The van der Waals surface area contributed by atoms with Gasteiger partial charge in [-0.3, -0.25) is 4.74 Å². The molecule has 0 amide bonds. The van der Waals surface area contributed by atoms with E-state index in [0.717, 1.165) is 25.2 Å². The van der Waals surface area contributed by atoms with Gasteiger partial charge in [0.2, 0.25) is 0 Å². The lowest BCUT2D eigenvalue weighted by molar-refractivity contribution is -0.323. The first kappa shape index (κ1) is 13.8. The highest BCUT2D eigenvalue weighted by Gasteiger charge is 2.29. The minimum atomic E-state index is -4.51. The van der Waals surface area contributed by atoms with Crippen molar-refractivity contribution in [3.8, 4) is 0 Å². The van der Waals surface area contributed by atoms with Gasteiger partial charge in [0.1, 0.15) is 0 Å². The quantitative estimate of drug-likeness (QED) is 0.762. The van der Waals surface area contributed by atoms with E-state index >= 15 is 0 Å². The molecule has 16 heavy (non-hydrogen) atoms. The van der Waals surface area contributed by atoms with Crippen LogP contribution in [0.4, 0.5) is 13.2 Å². The van der Waals surface area contributed by atoms with E-state index in [2.05, 4.69) is 23.9 Å². The van der Waals surface area contributed by atoms with Gasteiger partial charge in [0.15, 0.2) is 0 Å². The van der Waals surface area contributed by atoms with E-state index < -0.39 is 6.36 Å². The van der Waals surface area contributed by atoms with Crippen LogP contribution in [0.15, 0.2) is 0 Å². The van der Waals surface area contributed by atoms with Gasteiger partial charge in [-0.25, -0.2) is 0 Å². The summed E-state index contributed by atoms with van der Waals surface area (Å²) in [6.45, 7) is 4.34. The number of hydrogen-bond donors (Lipinski definition) is 1. The third-order valence-corrected chi connectivity index (χ3v) is 3.21. The molecule has 3 atom stereocenters. The van der Waals surface area contributed by atoms with E-state index in [1.807, 2.05) is 0 Å². The normalized spacial score (nSPS) is 31.7. The molecule has 1 aliphatic carbocycles. The Labute approximate surface area is 94.5 Å². The zero-order valence-electron chi connectivity index (χ0n) is 9.81. The molecule has 1 aliphatic rings. The third-order valence-electron chi connectivity index (χ3n) is 3.21. The summed E-state index contributed by atoms with van der Waals surface area (Å²) in [6, 6.07) is 0.341. The maximum absolute atomic E-state index is 11.7. The molecule has 1 N–H and O–H groups in total. The molecule has 0 aromatic rings. The van der Waals surface area contributed by atoms with Crippen LogP contribution in [0.3, 0.4) is 0 Å². The summed E-state index contributed by atoms with van der Waals surface area (Å²) in [6.07, 6.45) is -1.15. The van der Waals surface area contributed by atoms with E-state index in [-0.39, 0.29) is 13.2 Å². The molecule has 0 heterocycles.